The Kier molecular flexibility index (Phi) is 3.33. The molecule has 1 atom stereocenters. The van der Waals surface area contributed by atoms with E-state index in [0.29, 0.717) is 17.6 Å². The summed E-state index contributed by atoms with van der Waals surface area (Å²) in [5.74, 6) is 0.607. The molecule has 5 nitrogen and oxygen atoms in total. The maximum Gasteiger partial charge on any atom is 0.254 e. The van der Waals surface area contributed by atoms with Crippen molar-refractivity contribution in [2.75, 3.05) is 11.9 Å². The summed E-state index contributed by atoms with van der Waals surface area (Å²) >= 11 is 0. The Balaban J connectivity index is 1.77. The van der Waals surface area contributed by atoms with E-state index in [-0.39, 0.29) is 5.91 Å². The van der Waals surface area contributed by atoms with Crippen LogP contribution in [-0.4, -0.2) is 33.4 Å². The van der Waals surface area contributed by atoms with E-state index < -0.39 is 0 Å². The number of nitrogens with one attached hydrogen (secondary N) is 1. The molecule has 1 unspecified atom stereocenters. The number of anilines is 2. The minimum atomic E-state index is 0.0846. The second-order valence-corrected chi connectivity index (χ2v) is 4.91. The molecule has 0 aliphatic carbocycles. The maximum atomic E-state index is 12.3. The van der Waals surface area contributed by atoms with Crippen LogP contribution in [0, 0.1) is 0 Å². The van der Waals surface area contributed by atoms with E-state index in [0.717, 1.165) is 18.7 Å². The molecule has 1 aliphatic rings. The molecule has 1 amide bonds. The van der Waals surface area contributed by atoms with Crippen LogP contribution in [0.2, 0.25) is 0 Å². The average molecular weight is 268 g/mol. The lowest BCUT2D eigenvalue weighted by Gasteiger charge is -2.38. The van der Waals surface area contributed by atoms with Crippen molar-refractivity contribution < 1.29 is 4.79 Å². The predicted molar refractivity (Wildman–Crippen MR) is 76.9 cm³/mol. The highest BCUT2D eigenvalue weighted by Crippen LogP contribution is 2.22. The molecule has 2 heterocycles. The van der Waals surface area contributed by atoms with E-state index in [1.807, 2.05) is 29.2 Å². The Bertz CT molecular complexity index is 614. The summed E-state index contributed by atoms with van der Waals surface area (Å²) in [4.78, 5) is 22.4. The molecule has 20 heavy (non-hydrogen) atoms. The maximum absolute atomic E-state index is 12.3. The van der Waals surface area contributed by atoms with E-state index >= 15 is 0 Å². The molecule has 5 heteroatoms. The van der Waals surface area contributed by atoms with Crippen molar-refractivity contribution in [2.24, 2.45) is 0 Å². The van der Waals surface area contributed by atoms with Gasteiger partial charge in [-0.2, -0.15) is 0 Å². The minimum absolute atomic E-state index is 0.0846. The predicted octanol–water partition coefficient (Wildman–Crippen LogP) is 2.45. The number of rotatable bonds is 3. The molecule has 0 bridgehead atoms. The van der Waals surface area contributed by atoms with Crippen LogP contribution >= 0.6 is 0 Å². The Hall–Kier alpha value is -2.43. The quantitative estimate of drug-likeness (QED) is 0.929. The molecule has 102 valence electrons. The van der Waals surface area contributed by atoms with E-state index in [2.05, 4.69) is 22.2 Å². The Morgan fingerprint density at radius 3 is 2.75 bits per heavy atom. The van der Waals surface area contributed by atoms with Crippen LogP contribution in [0.25, 0.3) is 0 Å². The van der Waals surface area contributed by atoms with Crippen molar-refractivity contribution in [3.8, 4) is 0 Å². The van der Waals surface area contributed by atoms with Gasteiger partial charge in [0.25, 0.3) is 5.91 Å². The van der Waals surface area contributed by atoms with E-state index in [4.69, 9.17) is 0 Å². The first-order chi connectivity index (χ1) is 9.74. The Morgan fingerprint density at radius 2 is 2.10 bits per heavy atom. The van der Waals surface area contributed by atoms with Gasteiger partial charge < -0.3 is 10.2 Å². The van der Waals surface area contributed by atoms with E-state index in [1.165, 1.54) is 0 Å². The zero-order valence-corrected chi connectivity index (χ0v) is 11.3. The third-order valence-electron chi connectivity index (χ3n) is 3.51. The molecule has 1 aliphatic heterocycles. The zero-order chi connectivity index (χ0) is 13.9. The first-order valence-corrected chi connectivity index (χ1v) is 6.69. The fourth-order valence-electron chi connectivity index (χ4n) is 2.21. The van der Waals surface area contributed by atoms with Gasteiger partial charge in [0.15, 0.2) is 0 Å². The standard InChI is InChI=1S/C15H16N4O/c1-11-6-9-19(11)14(20)12-4-2-5-13(10-12)18-15-16-7-3-8-17-15/h2-5,7-8,10-11H,6,9H2,1H3,(H,16,17,18). The summed E-state index contributed by atoms with van der Waals surface area (Å²) in [5.41, 5.74) is 1.51. The van der Waals surface area contributed by atoms with Crippen LogP contribution in [0.4, 0.5) is 11.6 Å². The lowest BCUT2D eigenvalue weighted by atomic mass is 10.0. The van der Waals surface area contributed by atoms with E-state index in [1.54, 1.807) is 18.5 Å². The lowest BCUT2D eigenvalue weighted by Crippen LogP contribution is -2.49. The van der Waals surface area contributed by atoms with Crippen LogP contribution in [-0.2, 0) is 0 Å². The first kappa shape index (κ1) is 12.6. The molecule has 2 aromatic rings. The molecule has 0 radical (unpaired) electrons. The van der Waals surface area contributed by atoms with Crippen molar-refractivity contribution in [3.05, 3.63) is 48.3 Å². The zero-order valence-electron chi connectivity index (χ0n) is 11.3. The number of hydrogen-bond donors (Lipinski definition) is 1. The van der Waals surface area contributed by atoms with Crippen molar-refractivity contribution in [1.29, 1.82) is 0 Å². The third kappa shape index (κ3) is 2.47. The van der Waals surface area contributed by atoms with Gasteiger partial charge in [-0.1, -0.05) is 6.07 Å². The topological polar surface area (TPSA) is 58.1 Å². The molecule has 1 saturated heterocycles. The summed E-state index contributed by atoms with van der Waals surface area (Å²) in [6, 6.07) is 9.54. The highest BCUT2D eigenvalue weighted by molar-refractivity contribution is 5.95. The number of benzene rings is 1. The van der Waals surface area contributed by atoms with Gasteiger partial charge in [-0.05, 0) is 37.6 Å². The molecular weight excluding hydrogens is 252 g/mol. The van der Waals surface area contributed by atoms with Crippen LogP contribution < -0.4 is 5.32 Å². The summed E-state index contributed by atoms with van der Waals surface area (Å²) in [6.45, 7) is 2.92. The Morgan fingerprint density at radius 1 is 1.30 bits per heavy atom. The number of nitrogens with zero attached hydrogens (tertiary/aromatic N) is 3. The average Bonchev–Trinajstić information content (AvgIpc) is 2.47. The van der Waals surface area contributed by atoms with Crippen molar-refractivity contribution in [2.45, 2.75) is 19.4 Å². The summed E-state index contributed by atoms with van der Waals surface area (Å²) in [5, 5.41) is 3.09. The van der Waals surface area contributed by atoms with Gasteiger partial charge in [0.2, 0.25) is 5.95 Å². The van der Waals surface area contributed by atoms with Crippen LogP contribution in [0.5, 0.6) is 0 Å². The number of carbonyl (C=O) groups is 1. The monoisotopic (exact) mass is 268 g/mol. The number of likely N-dealkylation sites (tertiary alicyclic amines) is 1. The number of amides is 1. The largest absolute Gasteiger partial charge is 0.336 e. The summed E-state index contributed by atoms with van der Waals surface area (Å²) in [7, 11) is 0. The van der Waals surface area contributed by atoms with Gasteiger partial charge in [0.1, 0.15) is 0 Å². The minimum Gasteiger partial charge on any atom is -0.336 e. The second kappa shape index (κ2) is 5.28. The van der Waals surface area contributed by atoms with Crippen LogP contribution in [0.3, 0.4) is 0 Å². The highest BCUT2D eigenvalue weighted by Gasteiger charge is 2.28. The number of aromatic nitrogens is 2. The molecule has 0 spiro atoms. The summed E-state index contributed by atoms with van der Waals surface area (Å²) < 4.78 is 0. The SMILES string of the molecule is CC1CCN1C(=O)c1cccc(Nc2ncccn2)c1. The molecular formula is C15H16N4O. The van der Waals surface area contributed by atoms with Crippen LogP contribution in [0.1, 0.15) is 23.7 Å². The first-order valence-electron chi connectivity index (χ1n) is 6.69. The molecule has 1 fully saturated rings. The van der Waals surface area contributed by atoms with Crippen molar-refractivity contribution >= 4 is 17.5 Å². The molecule has 1 N–H and O–H groups in total. The highest BCUT2D eigenvalue weighted by atomic mass is 16.2. The number of hydrogen-bond acceptors (Lipinski definition) is 4. The van der Waals surface area contributed by atoms with Gasteiger partial charge in [0, 0.05) is 36.2 Å². The fraction of sp³-hybridized carbons (Fsp3) is 0.267. The number of carbonyl (C=O) groups excluding carboxylic acids is 1. The molecule has 0 saturated carbocycles. The van der Waals surface area contributed by atoms with Crippen LogP contribution in [0.15, 0.2) is 42.7 Å². The van der Waals surface area contributed by atoms with Gasteiger partial charge in [-0.25, -0.2) is 9.97 Å². The molecule has 1 aromatic carbocycles. The molecule has 1 aromatic heterocycles. The van der Waals surface area contributed by atoms with Gasteiger partial charge in [-0.15, -0.1) is 0 Å². The van der Waals surface area contributed by atoms with Gasteiger partial charge in [0.05, 0.1) is 0 Å². The van der Waals surface area contributed by atoms with E-state index in [9.17, 15) is 4.79 Å². The molecule has 3 rings (SSSR count). The summed E-state index contributed by atoms with van der Waals surface area (Å²) in [6.07, 6.45) is 4.43. The third-order valence-corrected chi connectivity index (χ3v) is 3.51. The van der Waals surface area contributed by atoms with Crippen molar-refractivity contribution in [3.63, 3.8) is 0 Å². The smallest absolute Gasteiger partial charge is 0.254 e. The Labute approximate surface area is 117 Å². The fourth-order valence-corrected chi connectivity index (χ4v) is 2.21. The van der Waals surface area contributed by atoms with Gasteiger partial charge >= 0.3 is 0 Å². The normalized spacial score (nSPS) is 17.4. The second-order valence-electron chi connectivity index (χ2n) is 4.91. The lowest BCUT2D eigenvalue weighted by molar-refractivity contribution is 0.0502. The van der Waals surface area contributed by atoms with Gasteiger partial charge in [-0.3, -0.25) is 4.79 Å². The van der Waals surface area contributed by atoms with Crippen molar-refractivity contribution in [1.82, 2.24) is 14.9 Å².